The van der Waals surface area contributed by atoms with Crippen LogP contribution < -0.4 is 48.3 Å². The maximum atomic E-state index is 15.2. The van der Waals surface area contributed by atoms with E-state index in [0.717, 1.165) is 31.4 Å². The summed E-state index contributed by atoms with van der Waals surface area (Å²) >= 11 is 0. The summed E-state index contributed by atoms with van der Waals surface area (Å²) in [5.74, 6) is -13.8. The molecule has 1 aliphatic heterocycles. The number of carboxylic acids is 4. The van der Waals surface area contributed by atoms with Crippen LogP contribution in [0.2, 0.25) is 0 Å². The molecule has 18 N–H and O–H groups in total. The second kappa shape index (κ2) is 40.7. The first kappa shape index (κ1) is 79.0. The van der Waals surface area contributed by atoms with E-state index in [1.54, 1.807) is 91.1 Å². The van der Waals surface area contributed by atoms with Crippen LogP contribution in [0.15, 0.2) is 91.1 Å². The van der Waals surface area contributed by atoms with Crippen molar-refractivity contribution in [1.82, 2.24) is 62.2 Å². The molecule has 1 saturated heterocycles. The lowest BCUT2D eigenvalue weighted by atomic mass is 10.0. The molecule has 0 bridgehead atoms. The number of nitrogens with one attached hydrogen (secondary N) is 9. The Hall–Kier alpha value is -8.74. The molecule has 97 heavy (non-hydrogen) atoms. The molecular weight excluding hydrogens is 1310 g/mol. The van der Waals surface area contributed by atoms with E-state index >= 15 is 9.59 Å². The highest BCUT2D eigenvalue weighted by Gasteiger charge is 2.37. The second-order valence-corrected chi connectivity index (χ2v) is 25.8. The number of unbranched alkanes of at least 4 members (excludes halogenated alkanes) is 1. The zero-order valence-corrected chi connectivity index (χ0v) is 55.3. The van der Waals surface area contributed by atoms with Gasteiger partial charge in [0.2, 0.25) is 47.3 Å². The Morgan fingerprint density at radius 1 is 0.588 bits per heavy atom. The molecule has 0 aliphatic carbocycles. The topological polar surface area (TPSA) is 494 Å². The van der Waals surface area contributed by atoms with E-state index in [2.05, 4.69) is 47.5 Å². The standard InChI is InChI=1S/C63H87N13O19S2/c1-37(78)48(34-77)70-62(94)50-36-97-96-35-49(71-58(90)45(25-39-13-5-3-6-14-39)66-51(80)29-75(31-53(83)84)23-21-74(30-52(81)82)22-24-76(32-54(85)86)33-55(87)88)61(93)68-46(26-40-15-7-4-8-16-40)59(91)69-47(27-41-28-65-43-18-10-9-17-42(41)43)60(92)67-44(19-11-12-20-64)57(89)73-56(38(2)79)63(95)72-50/h3-10,13-18,28,37-38,44-50,56,65,77-79H,11-12,19-27,29-36,64H2,1-2H3,(H,66,80)(H,67,92)(H,68,93)(H,69,91)(H,70,94)(H,71,90)(H,72,95)(H,73,89)(H,81,82)(H,83,84)(H,85,86)(H,87,88)/t37?,38-,44+,45-,46+,47-,48?,49+,50+,56+/m1/s1. The third kappa shape index (κ3) is 27.7. The molecule has 34 heteroatoms. The van der Waals surface area contributed by atoms with Crippen LogP contribution >= 0.6 is 21.6 Å². The number of hydrogen-bond acceptors (Lipinski definition) is 21. The van der Waals surface area contributed by atoms with Crippen molar-refractivity contribution in [3.8, 4) is 0 Å². The average molecular weight is 1390 g/mol. The molecule has 5 rings (SSSR count). The quantitative estimate of drug-likeness (QED) is 0.0160. The predicted molar refractivity (Wildman–Crippen MR) is 356 cm³/mol. The monoisotopic (exact) mass is 1390 g/mol. The van der Waals surface area contributed by atoms with Gasteiger partial charge in [0, 0.05) is 74.0 Å². The van der Waals surface area contributed by atoms with Crippen molar-refractivity contribution in [2.75, 3.05) is 83.6 Å². The summed E-state index contributed by atoms with van der Waals surface area (Å²) in [6, 6.07) is 11.7. The Morgan fingerprint density at radius 3 is 1.68 bits per heavy atom. The van der Waals surface area contributed by atoms with Crippen LogP contribution in [0.1, 0.15) is 49.8 Å². The zero-order chi connectivity index (χ0) is 71.1. The normalized spacial score (nSPS) is 19.8. The highest BCUT2D eigenvalue weighted by molar-refractivity contribution is 8.76. The van der Waals surface area contributed by atoms with Crippen molar-refractivity contribution in [1.29, 1.82) is 0 Å². The van der Waals surface area contributed by atoms with Crippen molar-refractivity contribution in [2.24, 2.45) is 5.73 Å². The largest absolute Gasteiger partial charge is 0.480 e. The molecule has 4 aromatic rings. The molecule has 530 valence electrons. The molecule has 1 aliphatic rings. The molecule has 32 nitrogen and oxygen atoms in total. The fraction of sp³-hybridized carbons (Fsp3) is 0.492. The average Bonchev–Trinajstić information content (AvgIpc) is 1.76. The number of carbonyl (C=O) groups is 12. The van der Waals surface area contributed by atoms with Gasteiger partial charge in [-0.25, -0.2) is 0 Å². The van der Waals surface area contributed by atoms with E-state index in [1.165, 1.54) is 18.7 Å². The lowest BCUT2D eigenvalue weighted by molar-refractivity contribution is -0.143. The summed E-state index contributed by atoms with van der Waals surface area (Å²) in [5, 5.41) is 91.6. The number of aromatic amines is 1. The van der Waals surface area contributed by atoms with Gasteiger partial charge in [-0.1, -0.05) is 100 Å². The molecule has 2 unspecified atom stereocenters. The number of aromatic nitrogens is 1. The number of rotatable bonds is 34. The predicted octanol–water partition coefficient (Wildman–Crippen LogP) is -3.40. The summed E-state index contributed by atoms with van der Waals surface area (Å²) in [4.78, 5) is 171. The molecule has 3 aromatic carbocycles. The number of carbonyl (C=O) groups excluding carboxylic acids is 8. The van der Waals surface area contributed by atoms with Crippen LogP contribution in [-0.4, -0.2) is 271 Å². The fourth-order valence-corrected chi connectivity index (χ4v) is 12.6. The molecule has 1 fully saturated rings. The molecule has 1 aromatic heterocycles. The number of para-hydroxylation sites is 1. The molecule has 0 saturated carbocycles. The van der Waals surface area contributed by atoms with E-state index in [-0.39, 0.29) is 70.6 Å². The number of aliphatic carboxylic acids is 4. The van der Waals surface area contributed by atoms with Crippen molar-refractivity contribution in [2.45, 2.75) is 113 Å². The van der Waals surface area contributed by atoms with Gasteiger partial charge in [0.1, 0.15) is 42.3 Å². The zero-order valence-electron chi connectivity index (χ0n) is 53.6. The number of amides is 8. The van der Waals surface area contributed by atoms with Gasteiger partial charge in [-0.05, 0) is 62.4 Å². The summed E-state index contributed by atoms with van der Waals surface area (Å²) in [5.41, 5.74) is 8.10. The molecule has 8 amide bonds. The van der Waals surface area contributed by atoms with E-state index in [0.29, 0.717) is 34.0 Å². The number of aliphatic hydroxyl groups is 3. The number of H-pyrrole nitrogens is 1. The maximum Gasteiger partial charge on any atom is 0.317 e. The van der Waals surface area contributed by atoms with Gasteiger partial charge >= 0.3 is 23.9 Å². The number of benzene rings is 3. The Morgan fingerprint density at radius 2 is 1.10 bits per heavy atom. The van der Waals surface area contributed by atoms with E-state index in [4.69, 9.17) is 5.73 Å². The van der Waals surface area contributed by atoms with E-state index in [9.17, 15) is 83.7 Å². The highest BCUT2D eigenvalue weighted by Crippen LogP contribution is 2.25. The number of nitrogens with two attached hydrogens (primary N) is 1. The summed E-state index contributed by atoms with van der Waals surface area (Å²) in [7, 11) is 1.77. The first-order valence-electron chi connectivity index (χ1n) is 31.2. The Bertz CT molecular complexity index is 3280. The lowest BCUT2D eigenvalue weighted by Crippen LogP contribution is -2.62. The number of nitrogens with zero attached hydrogens (tertiary/aromatic N) is 3. The van der Waals surface area contributed by atoms with Crippen LogP contribution in [0.25, 0.3) is 10.9 Å². The molecule has 0 radical (unpaired) electrons. The second-order valence-electron chi connectivity index (χ2n) is 23.3. The Kier molecular flexibility index (Phi) is 33.2. The van der Waals surface area contributed by atoms with Crippen molar-refractivity contribution in [3.05, 3.63) is 108 Å². The third-order valence-electron chi connectivity index (χ3n) is 15.4. The maximum absolute atomic E-state index is 15.2. The Balaban J connectivity index is 1.57. The van der Waals surface area contributed by atoms with Crippen molar-refractivity contribution >= 4 is 104 Å². The molecular formula is C63H87N13O19S2. The number of fused-ring (bicyclic) bond motifs is 1. The van der Waals surface area contributed by atoms with Gasteiger partial charge in [0.25, 0.3) is 0 Å². The van der Waals surface area contributed by atoms with Gasteiger partial charge in [0.05, 0.1) is 57.6 Å². The smallest absolute Gasteiger partial charge is 0.317 e. The van der Waals surface area contributed by atoms with Crippen molar-refractivity contribution in [3.63, 3.8) is 0 Å². The van der Waals surface area contributed by atoms with Gasteiger partial charge in [-0.15, -0.1) is 0 Å². The number of hydrogen-bond donors (Lipinski definition) is 17. The minimum atomic E-state index is -1.78. The van der Waals surface area contributed by atoms with Gasteiger partial charge in [-0.3, -0.25) is 72.2 Å². The SMILES string of the molecule is CC(O)C(CO)NC(=O)[C@@H]1CSSC[C@H](NC(=O)[C@@H](Cc2ccccc2)NC(=O)CN(CCN(CCN(CC(=O)O)CC(=O)O)CC(=O)O)CC(=O)O)C(=O)N[C@@H](Cc2ccccc2)C(=O)N[C@H](Cc2c[nH]c3ccccc23)C(=O)N[C@@H](CCCCN)C(=O)N[C@@H]([C@@H](C)O)C(=O)N1. The van der Waals surface area contributed by atoms with E-state index < -0.39 is 177 Å². The van der Waals surface area contributed by atoms with Gasteiger partial charge in [0.15, 0.2) is 0 Å². The first-order chi connectivity index (χ1) is 46.2. The summed E-state index contributed by atoms with van der Waals surface area (Å²) in [6.07, 6.45) is -1.31. The Labute approximate surface area is 566 Å². The van der Waals surface area contributed by atoms with E-state index in [1.807, 2.05) is 0 Å². The lowest BCUT2D eigenvalue weighted by Gasteiger charge is -2.29. The fourth-order valence-electron chi connectivity index (χ4n) is 10.3. The first-order valence-corrected chi connectivity index (χ1v) is 33.7. The van der Waals surface area contributed by atoms with Crippen LogP contribution in [-0.2, 0) is 76.8 Å². The number of carboxylic acid groups (broad SMARTS) is 4. The van der Waals surface area contributed by atoms with Crippen LogP contribution in [0.3, 0.4) is 0 Å². The summed E-state index contributed by atoms with van der Waals surface area (Å²) in [6.45, 7) is -2.46. The molecule has 0 spiro atoms. The minimum Gasteiger partial charge on any atom is -0.480 e. The third-order valence-corrected chi connectivity index (χ3v) is 17.8. The molecule has 10 atom stereocenters. The van der Waals surface area contributed by atoms with Crippen LogP contribution in [0.4, 0.5) is 0 Å². The van der Waals surface area contributed by atoms with Crippen molar-refractivity contribution < 1.29 is 93.3 Å². The minimum absolute atomic E-state index is 0.0513. The van der Waals surface area contributed by atoms with Crippen LogP contribution in [0, 0.1) is 0 Å². The highest BCUT2D eigenvalue weighted by atomic mass is 33.1. The van der Waals surface area contributed by atoms with Crippen LogP contribution in [0.5, 0.6) is 0 Å². The van der Waals surface area contributed by atoms with Gasteiger partial charge in [-0.2, -0.15) is 0 Å². The number of aliphatic hydroxyl groups excluding tert-OH is 3. The molecule has 2 heterocycles. The summed E-state index contributed by atoms with van der Waals surface area (Å²) < 4.78 is 0. The van der Waals surface area contributed by atoms with Gasteiger partial charge < -0.3 is 89.0 Å².